The Hall–Kier alpha value is -6.30. The minimum Gasteiger partial charge on any atom is -0.481 e. The van der Waals surface area contributed by atoms with Gasteiger partial charge >= 0.3 is 36.8 Å². The number of methoxy groups -OCH3 is 2. The number of benzene rings is 6. The number of hydrogen-bond donors (Lipinski definition) is 1. The van der Waals surface area contributed by atoms with E-state index in [4.69, 9.17) is 42.5 Å². The smallest absolute Gasteiger partial charge is 0.481 e. The zero-order valence-electron chi connectivity index (χ0n) is 79.2. The number of carbonyl (C=O) groups is 8. The molecule has 3 saturated heterocycles. The van der Waals surface area contributed by atoms with Crippen LogP contribution in [0.3, 0.4) is 0 Å². The fraction of sp³-hybridized carbons (Fsp3) is 0.528. The van der Waals surface area contributed by atoms with Gasteiger partial charge in [-0.2, -0.15) is 6.42 Å². The summed E-state index contributed by atoms with van der Waals surface area (Å²) in [4.78, 5) is 91.0. The molecule has 6 unspecified atom stereocenters. The van der Waals surface area contributed by atoms with Gasteiger partial charge in [-0.05, 0) is 153 Å². The number of aliphatic carboxylic acids is 1. The van der Waals surface area contributed by atoms with Crippen LogP contribution in [0.15, 0.2) is 206 Å². The van der Waals surface area contributed by atoms with Crippen LogP contribution >= 0.6 is 52.9 Å². The molecule has 128 heavy (non-hydrogen) atoms. The van der Waals surface area contributed by atoms with Crippen molar-refractivity contribution in [1.29, 1.82) is 0 Å². The van der Waals surface area contributed by atoms with Crippen molar-refractivity contribution in [3.63, 3.8) is 0 Å². The second-order valence-electron chi connectivity index (χ2n) is 32.2. The number of ether oxygens (including phenoxy) is 5. The summed E-state index contributed by atoms with van der Waals surface area (Å²) < 4.78 is 24.9. The third-order valence-corrected chi connectivity index (χ3v) is 30.3. The molecule has 9 rings (SSSR count). The Bertz CT molecular complexity index is 3790. The number of carboxylic acids is 1. The molecule has 6 atom stereocenters. The van der Waals surface area contributed by atoms with Gasteiger partial charge in [0.1, 0.15) is 18.3 Å². The molecule has 0 radical (unpaired) electrons. The molecule has 3 aliphatic rings. The molecule has 0 aliphatic carbocycles. The molecule has 6 aromatic rings. The molecule has 0 aromatic heterocycles. The van der Waals surface area contributed by atoms with E-state index in [-0.39, 0.29) is 102 Å². The molecule has 3 heterocycles. The number of hydrogen-bond acceptors (Lipinski definition) is 13. The predicted molar refractivity (Wildman–Crippen MR) is 544 cm³/mol. The maximum absolute atomic E-state index is 13.3. The van der Waals surface area contributed by atoms with Crippen LogP contribution in [0.1, 0.15) is 305 Å². The first kappa shape index (κ1) is 120. The van der Waals surface area contributed by atoms with E-state index in [1.807, 2.05) is 72.5 Å². The van der Waals surface area contributed by atoms with Gasteiger partial charge in [0, 0.05) is 43.9 Å². The maximum atomic E-state index is 13.3. The fourth-order valence-electron chi connectivity index (χ4n) is 14.3. The van der Waals surface area contributed by atoms with Crippen molar-refractivity contribution in [3.05, 3.63) is 213 Å². The molecule has 0 saturated carbocycles. The third kappa shape index (κ3) is 55.9. The summed E-state index contributed by atoms with van der Waals surface area (Å²) in [6.45, 7) is 12.1. The number of aldehydes is 1. The predicted octanol–water partition coefficient (Wildman–Crippen LogP) is 22.6. The fourth-order valence-corrected chi connectivity index (χ4v) is 22.3. The van der Waals surface area contributed by atoms with Crippen LogP contribution in [-0.4, -0.2) is 126 Å². The van der Waals surface area contributed by atoms with E-state index in [0.29, 0.717) is 38.5 Å². The summed E-state index contributed by atoms with van der Waals surface area (Å²) in [5.41, 5.74) is 0. The van der Waals surface area contributed by atoms with Crippen molar-refractivity contribution >= 4 is 144 Å². The zero-order valence-corrected chi connectivity index (χ0v) is 84.1. The van der Waals surface area contributed by atoms with E-state index in [1.54, 1.807) is 19.1 Å². The number of halogens is 3. The average molecular weight is 1900 g/mol. The Kier molecular flexibility index (Phi) is 74.1. The summed E-state index contributed by atoms with van der Waals surface area (Å²) in [5.74, 6) is 3.62. The Morgan fingerprint density at radius 2 is 0.625 bits per heavy atom. The summed E-state index contributed by atoms with van der Waals surface area (Å²) in [6.07, 6.45) is 51.8. The summed E-state index contributed by atoms with van der Waals surface area (Å²) in [5, 5.41) is 17.2. The van der Waals surface area contributed by atoms with Gasteiger partial charge in [-0.3, -0.25) is 33.6 Å². The van der Waals surface area contributed by atoms with Crippen LogP contribution in [0.25, 0.3) is 0 Å². The number of unbranched alkanes of at least 4 members (excludes halogenated alkanes) is 24. The molecule has 0 bridgehead atoms. The molecule has 14 nitrogen and oxygen atoms in total. The molecule has 6 aromatic carbocycles. The van der Waals surface area contributed by atoms with Crippen molar-refractivity contribution in [3.8, 4) is 0 Å². The Morgan fingerprint density at radius 3 is 0.875 bits per heavy atom. The minimum absolute atomic E-state index is 0. The number of esters is 2. The van der Waals surface area contributed by atoms with E-state index in [9.17, 15) is 38.4 Å². The first-order valence-corrected chi connectivity index (χ1v) is 53.3. The van der Waals surface area contributed by atoms with Crippen LogP contribution in [0.4, 0.5) is 0 Å². The molecule has 3 aliphatic heterocycles. The number of allylic oxidation sites excluding steroid dienone is 2. The monoisotopic (exact) mass is 1890 g/mol. The number of rotatable bonds is 56. The Labute approximate surface area is 803 Å². The summed E-state index contributed by atoms with van der Waals surface area (Å²) in [6, 6.07) is 62.9. The van der Waals surface area contributed by atoms with Gasteiger partial charge in [0.05, 0.1) is 37.9 Å². The summed E-state index contributed by atoms with van der Waals surface area (Å²) >= 11 is 12.9. The quantitative estimate of drug-likeness (QED) is 0.00433. The second-order valence-corrected chi connectivity index (χ2v) is 40.4. The number of Topliss-reactive ketones (excluding diaryl/α,β-unsaturated/α-hetero) is 2. The van der Waals surface area contributed by atoms with Crippen molar-refractivity contribution in [2.45, 2.75) is 341 Å². The van der Waals surface area contributed by atoms with Crippen molar-refractivity contribution in [2.75, 3.05) is 24.9 Å². The van der Waals surface area contributed by atoms with E-state index < -0.39 is 19.7 Å². The first-order chi connectivity index (χ1) is 61.8. The van der Waals surface area contributed by atoms with Crippen LogP contribution in [0, 0.1) is 6.92 Å². The largest absolute Gasteiger partial charge is 1.00 e. The summed E-state index contributed by atoms with van der Waals surface area (Å²) in [7, 11) is 2.77. The Morgan fingerprint density at radius 1 is 0.375 bits per heavy atom. The number of alkyl halides is 3. The van der Waals surface area contributed by atoms with Gasteiger partial charge < -0.3 is 40.5 Å². The van der Waals surface area contributed by atoms with Crippen LogP contribution < -0.4 is 50.7 Å². The molecule has 0 spiro atoms. The first-order valence-electron chi connectivity index (χ1n) is 47.4. The van der Waals surface area contributed by atoms with Gasteiger partial charge in [-0.15, -0.1) is 23.2 Å². The van der Waals surface area contributed by atoms with Crippen molar-refractivity contribution in [1.82, 2.24) is 0 Å². The number of carbonyl (C=O) groups excluding carboxylic acids is 7. The third-order valence-electron chi connectivity index (χ3n) is 21.6. The van der Waals surface area contributed by atoms with Crippen molar-refractivity contribution < 1.29 is 86.0 Å². The Balaban J connectivity index is 0.000000778. The molecule has 20 heteroatoms. The molecular weight excluding hydrogens is 1740 g/mol. The molecule has 3 fully saturated rings. The van der Waals surface area contributed by atoms with Crippen LogP contribution in [-0.2, 0) is 62.0 Å². The average Bonchev–Trinajstić information content (AvgIpc) is 0.804. The van der Waals surface area contributed by atoms with Gasteiger partial charge in [0.25, 0.3) is 0 Å². The van der Waals surface area contributed by atoms with Gasteiger partial charge in [-0.1, -0.05) is 387 Å². The number of carboxylic acid groups (broad SMARTS) is 1. The maximum Gasteiger partial charge on any atom is 1.00 e. The van der Waals surface area contributed by atoms with Gasteiger partial charge in [-0.25, -0.2) is 0 Å². The molecule has 0 amide bonds. The normalized spacial score (nSPS) is 15.3. The topological polar surface area (TPSA) is 213 Å². The standard InChI is InChI=1S/C29H35OP.C21H19OP.C19H32O4.C18H30O4.C8H17Br.C8H12O4.C4H9.CH2Cl2.Li/c1-2-3-4-5-6-7-11-18-26(30)25-31(27-19-12-8-13-20-27,28-21-14-9-15-22-28)29-23-16-10-17-24-29;1-18(22)17-23(19-11-5-2-6-12-19,20-13-7-3-8-14-20)21-15-9-4-10-16-21;1-3-4-5-6-7-8-9-11-16(20)14-15-18-17(23-18)12-10-13-19(21)22-2;1-2-3-4-5-6-7-8-10-15(19)13-14-17-16(22-17)11-9-12-18(20)21;1-2-3-4-5-6-7-8-9;1-11-8(10)4-2-3-6-7(5-9)12-6;1-3-4-2;2-1-3;/h8-10,12-17,19-25H,2-7,11,18H2,1H3;2-17H,1H3;14-15,17-18H,3-13H2,1-2H3;13-14,16-17H,2-12H2,1H3,(H,20,21);2-8H2,1H3;5-7H,2-4H2,1H3;1,3-4H2,2H3;1H2;/q;;;;;;-1;;+1/b;;15-14+;14-13+;;;;;. The zero-order chi connectivity index (χ0) is 93.1. The van der Waals surface area contributed by atoms with E-state index >= 15 is 0 Å². The van der Waals surface area contributed by atoms with Crippen molar-refractivity contribution in [2.24, 2.45) is 0 Å². The SMILES string of the molecule is CC(=O)C=P(c1ccccc1)(c1ccccc1)c1ccccc1.CCCCCCCCBr.CCCCCCCCCC(=O)/C=C/C1OC1CCCC(=O)O.CCCCCCCCCC(=O)/C=C/C1OC1CCCC(=O)OC.CCCCCCCCCC(=O)C=P(c1ccccc1)(c1ccccc1)c1ccccc1.COC(=O)CCCC1OC1C=O.ClCCl.[CH2-]CCC.[Li+]. The number of epoxide rings is 3. The minimum atomic E-state index is -2.15. The van der Waals surface area contributed by atoms with Crippen LogP contribution in [0.2, 0.25) is 0 Å². The molecule has 1 N–H and O–H groups in total. The molecular formula is C108H156BrCl2LiO14P2. The van der Waals surface area contributed by atoms with E-state index in [2.05, 4.69) is 200 Å². The second kappa shape index (κ2) is 79.3. The number of ketones is 4. The van der Waals surface area contributed by atoms with Crippen LogP contribution in [0.5, 0.6) is 0 Å². The molecule has 704 valence electrons. The van der Waals surface area contributed by atoms with E-state index in [0.717, 1.165) is 83.3 Å². The van der Waals surface area contributed by atoms with Gasteiger partial charge in [0.2, 0.25) is 0 Å². The van der Waals surface area contributed by atoms with E-state index in [1.165, 1.54) is 193 Å². The van der Waals surface area contributed by atoms with Gasteiger partial charge in [0.15, 0.2) is 29.4 Å².